The second-order valence-corrected chi connectivity index (χ2v) is 6.06. The minimum absolute atomic E-state index is 0.112. The summed E-state index contributed by atoms with van der Waals surface area (Å²) in [7, 11) is 0. The Bertz CT molecular complexity index is 420. The van der Waals surface area contributed by atoms with Gasteiger partial charge in [0.2, 0.25) is 0 Å². The molecular formula is C15H23N. The van der Waals surface area contributed by atoms with Crippen LogP contribution in [0.2, 0.25) is 0 Å². The molecule has 1 nitrogen and oxygen atoms in total. The number of hydrogen-bond acceptors (Lipinski definition) is 1. The fourth-order valence-corrected chi connectivity index (χ4v) is 2.86. The van der Waals surface area contributed by atoms with Crippen molar-refractivity contribution >= 4 is 0 Å². The van der Waals surface area contributed by atoms with Gasteiger partial charge in [0.25, 0.3) is 0 Å². The highest BCUT2D eigenvalue weighted by atomic mass is 14.8. The van der Waals surface area contributed by atoms with Crippen LogP contribution in [-0.2, 0) is 5.41 Å². The topological polar surface area (TPSA) is 26.0 Å². The molecule has 0 saturated heterocycles. The van der Waals surface area contributed by atoms with Crippen molar-refractivity contribution < 1.29 is 0 Å². The second-order valence-electron chi connectivity index (χ2n) is 6.06. The van der Waals surface area contributed by atoms with Gasteiger partial charge in [-0.15, -0.1) is 0 Å². The molecule has 1 aromatic rings. The van der Waals surface area contributed by atoms with Crippen LogP contribution < -0.4 is 5.73 Å². The monoisotopic (exact) mass is 217 g/mol. The van der Waals surface area contributed by atoms with Crippen molar-refractivity contribution in [1.82, 2.24) is 0 Å². The molecule has 1 fully saturated rings. The molecular weight excluding hydrogens is 194 g/mol. The summed E-state index contributed by atoms with van der Waals surface area (Å²) < 4.78 is 0. The van der Waals surface area contributed by atoms with Crippen molar-refractivity contribution in [2.75, 3.05) is 0 Å². The van der Waals surface area contributed by atoms with Crippen LogP contribution in [0, 0.1) is 20.8 Å². The summed E-state index contributed by atoms with van der Waals surface area (Å²) in [5, 5.41) is 0. The van der Waals surface area contributed by atoms with E-state index in [0.29, 0.717) is 0 Å². The SMILES string of the molecule is Cc1cc(C)c(C2(C(C)(C)N)CC2)cc1C. The Morgan fingerprint density at radius 2 is 1.50 bits per heavy atom. The molecule has 0 bridgehead atoms. The fourth-order valence-electron chi connectivity index (χ4n) is 2.86. The summed E-state index contributed by atoms with van der Waals surface area (Å²) in [6, 6.07) is 4.66. The third-order valence-electron chi connectivity index (χ3n) is 4.34. The van der Waals surface area contributed by atoms with E-state index in [0.717, 1.165) is 0 Å². The van der Waals surface area contributed by atoms with Gasteiger partial charge in [-0.05, 0) is 69.7 Å². The van der Waals surface area contributed by atoms with Crippen LogP contribution in [0.25, 0.3) is 0 Å². The first-order valence-electron chi connectivity index (χ1n) is 6.15. The van der Waals surface area contributed by atoms with E-state index in [9.17, 15) is 0 Å². The van der Waals surface area contributed by atoms with Crippen molar-refractivity contribution in [2.24, 2.45) is 5.73 Å². The average molecular weight is 217 g/mol. The van der Waals surface area contributed by atoms with E-state index in [4.69, 9.17) is 5.73 Å². The van der Waals surface area contributed by atoms with Crippen molar-refractivity contribution in [2.45, 2.75) is 58.4 Å². The molecule has 0 unspecified atom stereocenters. The zero-order chi connectivity index (χ0) is 12.1. The summed E-state index contributed by atoms with van der Waals surface area (Å²) in [6.45, 7) is 10.9. The second kappa shape index (κ2) is 3.33. The molecule has 0 aliphatic heterocycles. The Labute approximate surface area is 99.0 Å². The first-order chi connectivity index (χ1) is 7.28. The Hall–Kier alpha value is -0.820. The zero-order valence-corrected chi connectivity index (χ0v) is 11.1. The highest BCUT2D eigenvalue weighted by molar-refractivity contribution is 5.46. The minimum Gasteiger partial charge on any atom is -0.325 e. The van der Waals surface area contributed by atoms with Crippen molar-refractivity contribution in [3.8, 4) is 0 Å². The lowest BCUT2D eigenvalue weighted by Gasteiger charge is -2.33. The van der Waals surface area contributed by atoms with E-state index < -0.39 is 0 Å². The van der Waals surface area contributed by atoms with Gasteiger partial charge in [0, 0.05) is 11.0 Å². The zero-order valence-electron chi connectivity index (χ0n) is 11.1. The van der Waals surface area contributed by atoms with E-state index in [-0.39, 0.29) is 11.0 Å². The molecule has 1 heteroatoms. The minimum atomic E-state index is -0.112. The maximum absolute atomic E-state index is 6.36. The van der Waals surface area contributed by atoms with E-state index in [2.05, 4.69) is 46.8 Å². The lowest BCUT2D eigenvalue weighted by molar-refractivity contribution is 0.390. The quantitative estimate of drug-likeness (QED) is 0.807. The molecule has 0 atom stereocenters. The molecule has 88 valence electrons. The summed E-state index contributed by atoms with van der Waals surface area (Å²) in [5.41, 5.74) is 12.1. The maximum Gasteiger partial charge on any atom is 0.0195 e. The number of rotatable bonds is 2. The molecule has 1 saturated carbocycles. The number of aryl methyl sites for hydroxylation is 3. The number of nitrogens with two attached hydrogens (primary N) is 1. The molecule has 2 rings (SSSR count). The fraction of sp³-hybridized carbons (Fsp3) is 0.600. The average Bonchev–Trinajstić information content (AvgIpc) is 2.90. The van der Waals surface area contributed by atoms with Crippen molar-refractivity contribution in [3.05, 3.63) is 34.4 Å². The molecule has 16 heavy (non-hydrogen) atoms. The predicted molar refractivity (Wildman–Crippen MR) is 69.8 cm³/mol. The Morgan fingerprint density at radius 1 is 1.00 bits per heavy atom. The standard InChI is InChI=1S/C15H23N/c1-10-8-12(3)13(9-11(10)2)15(6-7-15)14(4,5)16/h8-9H,6-7,16H2,1-5H3. The van der Waals surface area contributed by atoms with Crippen LogP contribution in [-0.4, -0.2) is 5.54 Å². The van der Waals surface area contributed by atoms with E-state index >= 15 is 0 Å². The molecule has 2 N–H and O–H groups in total. The first kappa shape index (κ1) is 11.7. The Kier molecular flexibility index (Phi) is 2.43. The molecule has 1 aromatic carbocycles. The van der Waals surface area contributed by atoms with E-state index in [1.807, 2.05) is 0 Å². The van der Waals surface area contributed by atoms with Gasteiger partial charge in [0.15, 0.2) is 0 Å². The van der Waals surface area contributed by atoms with Gasteiger partial charge in [-0.2, -0.15) is 0 Å². The maximum atomic E-state index is 6.36. The van der Waals surface area contributed by atoms with Crippen molar-refractivity contribution in [3.63, 3.8) is 0 Å². The lowest BCUT2D eigenvalue weighted by atomic mass is 9.76. The van der Waals surface area contributed by atoms with Crippen LogP contribution in [0.15, 0.2) is 12.1 Å². The summed E-state index contributed by atoms with van der Waals surface area (Å²) in [6.07, 6.45) is 2.47. The number of hydrogen-bond donors (Lipinski definition) is 1. The van der Waals surface area contributed by atoms with E-state index in [1.165, 1.54) is 35.1 Å². The van der Waals surface area contributed by atoms with Gasteiger partial charge >= 0.3 is 0 Å². The van der Waals surface area contributed by atoms with Crippen LogP contribution in [0.4, 0.5) is 0 Å². The predicted octanol–water partition coefficient (Wildman–Crippen LogP) is 3.38. The normalized spacial score (nSPS) is 18.6. The first-order valence-corrected chi connectivity index (χ1v) is 6.15. The van der Waals surface area contributed by atoms with Gasteiger partial charge in [-0.3, -0.25) is 0 Å². The highest BCUT2D eigenvalue weighted by Crippen LogP contribution is 2.55. The summed E-state index contributed by atoms with van der Waals surface area (Å²) in [4.78, 5) is 0. The van der Waals surface area contributed by atoms with Gasteiger partial charge < -0.3 is 5.73 Å². The smallest absolute Gasteiger partial charge is 0.0195 e. The van der Waals surface area contributed by atoms with Gasteiger partial charge in [0.05, 0.1) is 0 Å². The molecule has 0 radical (unpaired) electrons. The Morgan fingerprint density at radius 3 is 1.94 bits per heavy atom. The van der Waals surface area contributed by atoms with E-state index in [1.54, 1.807) is 0 Å². The number of benzene rings is 1. The molecule has 0 amide bonds. The lowest BCUT2D eigenvalue weighted by Crippen LogP contribution is -2.45. The summed E-state index contributed by atoms with van der Waals surface area (Å²) in [5.74, 6) is 0. The van der Waals surface area contributed by atoms with Crippen LogP contribution >= 0.6 is 0 Å². The van der Waals surface area contributed by atoms with Crippen LogP contribution in [0.1, 0.15) is 48.9 Å². The molecule has 0 heterocycles. The summed E-state index contributed by atoms with van der Waals surface area (Å²) >= 11 is 0. The molecule has 0 aromatic heterocycles. The largest absolute Gasteiger partial charge is 0.325 e. The molecule has 0 spiro atoms. The van der Waals surface area contributed by atoms with Gasteiger partial charge in [-0.25, -0.2) is 0 Å². The highest BCUT2D eigenvalue weighted by Gasteiger charge is 2.54. The molecule has 1 aliphatic carbocycles. The van der Waals surface area contributed by atoms with Crippen LogP contribution in [0.5, 0.6) is 0 Å². The van der Waals surface area contributed by atoms with Crippen LogP contribution in [0.3, 0.4) is 0 Å². The molecule has 1 aliphatic rings. The van der Waals surface area contributed by atoms with Gasteiger partial charge in [-0.1, -0.05) is 12.1 Å². The van der Waals surface area contributed by atoms with Gasteiger partial charge in [0.1, 0.15) is 0 Å². The Balaban J connectivity index is 2.54. The third kappa shape index (κ3) is 1.58. The third-order valence-corrected chi connectivity index (χ3v) is 4.34. The van der Waals surface area contributed by atoms with Crippen molar-refractivity contribution in [1.29, 1.82) is 0 Å².